The molecule has 160 valence electrons. The Morgan fingerprint density at radius 2 is 1.97 bits per heavy atom. The van der Waals surface area contributed by atoms with Crippen molar-refractivity contribution < 1.29 is 9.53 Å². The zero-order chi connectivity index (χ0) is 21.5. The molecular formula is C21H28N6O2S. The standard InChI is InChI=1S/C21H28N6O2S/c1-5-10-22-18-17-13-24-27(19(17)26-21(25-18)30-4)12-11-23-20(28)15-6-8-16(9-7-15)29-14(2)3/h6-9,13-14H,5,10-12H2,1-4H3,(H,23,28)(H,22,25,26). The average Bonchev–Trinajstić information content (AvgIpc) is 3.15. The van der Waals surface area contributed by atoms with Crippen molar-refractivity contribution >= 4 is 34.5 Å². The minimum atomic E-state index is -0.132. The Kier molecular flexibility index (Phi) is 7.51. The van der Waals surface area contributed by atoms with Gasteiger partial charge in [0.1, 0.15) is 11.6 Å². The molecule has 0 atom stereocenters. The van der Waals surface area contributed by atoms with Gasteiger partial charge < -0.3 is 15.4 Å². The molecule has 1 aromatic carbocycles. The number of ether oxygens (including phenoxy) is 1. The molecule has 2 heterocycles. The molecule has 0 saturated heterocycles. The van der Waals surface area contributed by atoms with Crippen LogP contribution in [0.1, 0.15) is 37.6 Å². The molecule has 0 aliphatic rings. The van der Waals surface area contributed by atoms with E-state index in [1.165, 1.54) is 11.8 Å². The monoisotopic (exact) mass is 428 g/mol. The summed E-state index contributed by atoms with van der Waals surface area (Å²) in [6.07, 6.45) is 4.82. The molecule has 0 unspecified atom stereocenters. The van der Waals surface area contributed by atoms with Crippen molar-refractivity contribution in [1.82, 2.24) is 25.1 Å². The molecule has 0 aliphatic heterocycles. The van der Waals surface area contributed by atoms with Gasteiger partial charge in [-0.05, 0) is 50.8 Å². The van der Waals surface area contributed by atoms with Gasteiger partial charge in [0.15, 0.2) is 10.8 Å². The fourth-order valence-corrected chi connectivity index (χ4v) is 3.26. The molecule has 30 heavy (non-hydrogen) atoms. The second-order valence-electron chi connectivity index (χ2n) is 7.04. The molecule has 0 aliphatic carbocycles. The first-order valence-electron chi connectivity index (χ1n) is 10.1. The smallest absolute Gasteiger partial charge is 0.251 e. The third kappa shape index (κ3) is 5.41. The number of carbonyl (C=O) groups excluding carboxylic acids is 1. The lowest BCUT2D eigenvalue weighted by molar-refractivity contribution is 0.0952. The number of hydrogen-bond donors (Lipinski definition) is 2. The number of nitrogens with zero attached hydrogens (tertiary/aromatic N) is 4. The lowest BCUT2D eigenvalue weighted by atomic mass is 10.2. The van der Waals surface area contributed by atoms with E-state index in [4.69, 9.17) is 4.74 Å². The maximum Gasteiger partial charge on any atom is 0.251 e. The summed E-state index contributed by atoms with van der Waals surface area (Å²) in [6.45, 7) is 7.84. The Bertz CT molecular complexity index is 987. The van der Waals surface area contributed by atoms with Gasteiger partial charge in [-0.3, -0.25) is 4.79 Å². The van der Waals surface area contributed by atoms with Crippen LogP contribution in [0.15, 0.2) is 35.6 Å². The molecule has 0 bridgehead atoms. The number of carbonyl (C=O) groups is 1. The Balaban J connectivity index is 1.65. The maximum absolute atomic E-state index is 12.4. The van der Waals surface area contributed by atoms with Crippen LogP contribution in [0.4, 0.5) is 5.82 Å². The highest BCUT2D eigenvalue weighted by molar-refractivity contribution is 7.98. The second-order valence-corrected chi connectivity index (χ2v) is 7.81. The Hall–Kier alpha value is -2.81. The fraction of sp³-hybridized carbons (Fsp3) is 0.429. The Morgan fingerprint density at radius 1 is 1.20 bits per heavy atom. The zero-order valence-electron chi connectivity index (χ0n) is 17.8. The quantitative estimate of drug-likeness (QED) is 0.376. The van der Waals surface area contributed by atoms with Crippen molar-refractivity contribution in [2.24, 2.45) is 0 Å². The van der Waals surface area contributed by atoms with Gasteiger partial charge in [0.2, 0.25) is 0 Å². The number of fused-ring (bicyclic) bond motifs is 1. The zero-order valence-corrected chi connectivity index (χ0v) is 18.6. The van der Waals surface area contributed by atoms with Crippen LogP contribution in [0.5, 0.6) is 5.75 Å². The SMILES string of the molecule is CCCNc1nc(SC)nc2c1cnn2CCNC(=O)c1ccc(OC(C)C)cc1. The lowest BCUT2D eigenvalue weighted by Gasteiger charge is -2.10. The van der Waals surface area contributed by atoms with E-state index in [1.807, 2.05) is 32.2 Å². The molecule has 8 nitrogen and oxygen atoms in total. The summed E-state index contributed by atoms with van der Waals surface area (Å²) in [6, 6.07) is 7.14. The van der Waals surface area contributed by atoms with E-state index in [9.17, 15) is 4.79 Å². The number of rotatable bonds is 10. The van der Waals surface area contributed by atoms with Gasteiger partial charge in [-0.1, -0.05) is 18.7 Å². The van der Waals surface area contributed by atoms with Gasteiger partial charge in [-0.25, -0.2) is 14.6 Å². The predicted octanol–water partition coefficient (Wildman–Crippen LogP) is 3.59. The van der Waals surface area contributed by atoms with Crippen molar-refractivity contribution in [1.29, 1.82) is 0 Å². The molecule has 0 saturated carbocycles. The molecule has 2 N–H and O–H groups in total. The summed E-state index contributed by atoms with van der Waals surface area (Å²) < 4.78 is 7.41. The van der Waals surface area contributed by atoms with Crippen molar-refractivity contribution in [2.45, 2.75) is 45.0 Å². The summed E-state index contributed by atoms with van der Waals surface area (Å²) in [5, 5.41) is 12.3. The van der Waals surface area contributed by atoms with E-state index in [-0.39, 0.29) is 12.0 Å². The van der Waals surface area contributed by atoms with E-state index in [0.717, 1.165) is 35.6 Å². The van der Waals surface area contributed by atoms with E-state index >= 15 is 0 Å². The first-order valence-corrected chi connectivity index (χ1v) is 11.3. The summed E-state index contributed by atoms with van der Waals surface area (Å²) in [7, 11) is 0. The topological polar surface area (TPSA) is 94.0 Å². The molecule has 0 spiro atoms. The van der Waals surface area contributed by atoms with Gasteiger partial charge in [0.25, 0.3) is 5.91 Å². The normalized spacial score (nSPS) is 11.1. The van der Waals surface area contributed by atoms with Crippen LogP contribution in [0, 0.1) is 0 Å². The number of amides is 1. The summed E-state index contributed by atoms with van der Waals surface area (Å²) in [5.41, 5.74) is 1.35. The maximum atomic E-state index is 12.4. The molecular weight excluding hydrogens is 400 g/mol. The van der Waals surface area contributed by atoms with Crippen molar-refractivity contribution in [3.8, 4) is 5.75 Å². The van der Waals surface area contributed by atoms with Crippen molar-refractivity contribution in [2.75, 3.05) is 24.7 Å². The van der Waals surface area contributed by atoms with Gasteiger partial charge >= 0.3 is 0 Å². The molecule has 0 radical (unpaired) electrons. The molecule has 1 amide bonds. The molecule has 3 rings (SSSR count). The first kappa shape index (κ1) is 21.9. The third-order valence-electron chi connectivity index (χ3n) is 4.30. The van der Waals surface area contributed by atoms with Crippen LogP contribution >= 0.6 is 11.8 Å². The van der Waals surface area contributed by atoms with E-state index in [2.05, 4.69) is 32.6 Å². The molecule has 2 aromatic heterocycles. The first-order chi connectivity index (χ1) is 14.5. The Morgan fingerprint density at radius 3 is 2.63 bits per heavy atom. The van der Waals surface area contributed by atoms with Gasteiger partial charge in [-0.2, -0.15) is 5.10 Å². The predicted molar refractivity (Wildman–Crippen MR) is 120 cm³/mol. The van der Waals surface area contributed by atoms with Crippen LogP contribution in [-0.4, -0.2) is 51.1 Å². The minimum absolute atomic E-state index is 0.0988. The highest BCUT2D eigenvalue weighted by atomic mass is 32.2. The van der Waals surface area contributed by atoms with E-state index in [0.29, 0.717) is 23.8 Å². The largest absolute Gasteiger partial charge is 0.491 e. The van der Waals surface area contributed by atoms with Crippen LogP contribution in [0.2, 0.25) is 0 Å². The molecule has 0 fully saturated rings. The Labute approximate surface area is 180 Å². The number of anilines is 1. The molecule has 9 heteroatoms. The minimum Gasteiger partial charge on any atom is -0.491 e. The number of nitrogens with one attached hydrogen (secondary N) is 2. The third-order valence-corrected chi connectivity index (χ3v) is 4.85. The lowest BCUT2D eigenvalue weighted by Crippen LogP contribution is -2.27. The van der Waals surface area contributed by atoms with E-state index < -0.39 is 0 Å². The summed E-state index contributed by atoms with van der Waals surface area (Å²) in [4.78, 5) is 21.6. The van der Waals surface area contributed by atoms with Crippen molar-refractivity contribution in [3.63, 3.8) is 0 Å². The van der Waals surface area contributed by atoms with Crippen LogP contribution in [0.25, 0.3) is 11.0 Å². The van der Waals surface area contributed by atoms with Crippen LogP contribution < -0.4 is 15.4 Å². The highest BCUT2D eigenvalue weighted by Crippen LogP contribution is 2.23. The summed E-state index contributed by atoms with van der Waals surface area (Å²) in [5.74, 6) is 1.42. The van der Waals surface area contributed by atoms with E-state index in [1.54, 1.807) is 23.0 Å². The second kappa shape index (κ2) is 10.3. The number of benzene rings is 1. The molecule has 3 aromatic rings. The fourth-order valence-electron chi connectivity index (χ4n) is 2.90. The average molecular weight is 429 g/mol. The highest BCUT2D eigenvalue weighted by Gasteiger charge is 2.13. The number of thioether (sulfide) groups is 1. The van der Waals surface area contributed by atoms with Crippen LogP contribution in [-0.2, 0) is 6.54 Å². The van der Waals surface area contributed by atoms with Crippen molar-refractivity contribution in [3.05, 3.63) is 36.0 Å². The van der Waals surface area contributed by atoms with Gasteiger partial charge in [-0.15, -0.1) is 0 Å². The van der Waals surface area contributed by atoms with Crippen LogP contribution in [0.3, 0.4) is 0 Å². The number of hydrogen-bond acceptors (Lipinski definition) is 7. The number of aromatic nitrogens is 4. The van der Waals surface area contributed by atoms with Gasteiger partial charge in [0, 0.05) is 18.7 Å². The van der Waals surface area contributed by atoms with Gasteiger partial charge in [0.05, 0.1) is 24.2 Å². The summed E-state index contributed by atoms with van der Waals surface area (Å²) >= 11 is 1.49.